The van der Waals surface area contributed by atoms with E-state index < -0.39 is 28.6 Å². The lowest BCUT2D eigenvalue weighted by atomic mass is 9.94. The van der Waals surface area contributed by atoms with Crippen molar-refractivity contribution in [2.45, 2.75) is 18.8 Å². The van der Waals surface area contributed by atoms with Crippen molar-refractivity contribution in [1.82, 2.24) is 9.62 Å². The van der Waals surface area contributed by atoms with Gasteiger partial charge >= 0.3 is 12.1 Å². The van der Waals surface area contributed by atoms with Gasteiger partial charge in [0, 0.05) is 19.0 Å². The number of hydrogen-bond donors (Lipinski definition) is 2. The van der Waals surface area contributed by atoms with Crippen molar-refractivity contribution >= 4 is 16.2 Å². The van der Waals surface area contributed by atoms with Crippen LogP contribution in [0.4, 0.5) is 13.2 Å². The number of nitrogens with zero attached hydrogens (tertiary/aromatic N) is 1. The number of halogens is 3. The smallest absolute Gasteiger partial charge is 0.439 e. The third kappa shape index (κ3) is 4.93. The molecule has 0 aromatic rings. The Labute approximate surface area is 108 Å². The Bertz CT molecular complexity index is 439. The lowest BCUT2D eigenvalue weighted by Gasteiger charge is -2.44. The molecule has 1 rings (SSSR count). The summed E-state index contributed by atoms with van der Waals surface area (Å²) in [6, 6.07) is 0. The summed E-state index contributed by atoms with van der Waals surface area (Å²) in [4.78, 5) is 12.1. The van der Waals surface area contributed by atoms with Crippen LogP contribution in [0.1, 0.15) is 6.42 Å². The molecule has 0 aliphatic carbocycles. The molecule has 1 aliphatic heterocycles. The van der Waals surface area contributed by atoms with Crippen LogP contribution in [0.25, 0.3) is 0 Å². The molecule has 0 bridgehead atoms. The largest absolute Gasteiger partial charge is 0.490 e. The molecule has 112 valence electrons. The number of alkyl halides is 3. The minimum absolute atomic E-state index is 0.0303. The molecule has 7 nitrogen and oxygen atoms in total. The first-order valence-corrected chi connectivity index (χ1v) is 6.81. The van der Waals surface area contributed by atoms with E-state index in [-0.39, 0.29) is 18.9 Å². The van der Waals surface area contributed by atoms with Crippen molar-refractivity contribution in [2.24, 2.45) is 11.1 Å². The summed E-state index contributed by atoms with van der Waals surface area (Å²) in [5, 5.41) is 4.70. The van der Waals surface area contributed by atoms with Gasteiger partial charge in [-0.3, -0.25) is 4.90 Å². The fourth-order valence-electron chi connectivity index (χ4n) is 1.77. The highest BCUT2D eigenvalue weighted by molar-refractivity contribution is 7.87. The molecule has 2 atom stereocenters. The summed E-state index contributed by atoms with van der Waals surface area (Å²) in [5.74, 6) is -2.63. The van der Waals surface area contributed by atoms with Crippen LogP contribution < -0.4 is 9.86 Å². The Balaban J connectivity index is 2.43. The third-order valence-electron chi connectivity index (χ3n) is 2.64. The van der Waals surface area contributed by atoms with Crippen molar-refractivity contribution < 1.29 is 31.1 Å². The van der Waals surface area contributed by atoms with E-state index in [2.05, 4.69) is 4.74 Å². The SMILES string of the molecule is CN1CC(CCNS(N)(=O)=O)C1OC(=O)C(F)(F)F. The maximum atomic E-state index is 12.0. The fourth-order valence-corrected chi connectivity index (χ4v) is 2.17. The van der Waals surface area contributed by atoms with E-state index in [0.29, 0.717) is 6.54 Å². The number of esters is 1. The molecule has 1 fully saturated rings. The number of nitrogens with two attached hydrogens (primary N) is 1. The molecule has 1 aliphatic rings. The normalized spacial score (nSPS) is 24.9. The minimum Gasteiger partial charge on any atom is -0.439 e. The molecular weight excluding hydrogens is 291 g/mol. The molecule has 0 aromatic carbocycles. The Kier molecular flexibility index (Phi) is 4.76. The van der Waals surface area contributed by atoms with Crippen LogP contribution in [0.2, 0.25) is 0 Å². The average molecular weight is 305 g/mol. The topological polar surface area (TPSA) is 102 Å². The van der Waals surface area contributed by atoms with Gasteiger partial charge in [0.25, 0.3) is 10.2 Å². The van der Waals surface area contributed by atoms with E-state index in [1.165, 1.54) is 11.9 Å². The van der Waals surface area contributed by atoms with E-state index in [4.69, 9.17) is 5.14 Å². The van der Waals surface area contributed by atoms with Gasteiger partial charge in [-0.05, 0) is 13.5 Å². The van der Waals surface area contributed by atoms with E-state index in [9.17, 15) is 26.4 Å². The molecule has 0 radical (unpaired) electrons. The Morgan fingerprint density at radius 2 is 2.11 bits per heavy atom. The van der Waals surface area contributed by atoms with E-state index in [0.717, 1.165) is 0 Å². The number of nitrogens with one attached hydrogen (secondary N) is 1. The fraction of sp³-hybridized carbons (Fsp3) is 0.875. The summed E-state index contributed by atoms with van der Waals surface area (Å²) < 4.78 is 63.6. The second kappa shape index (κ2) is 5.61. The van der Waals surface area contributed by atoms with Crippen molar-refractivity contribution in [3.63, 3.8) is 0 Å². The summed E-state index contributed by atoms with van der Waals surface area (Å²) in [5.41, 5.74) is 0. The third-order valence-corrected chi connectivity index (χ3v) is 3.24. The van der Waals surface area contributed by atoms with Crippen LogP contribution in [0.3, 0.4) is 0 Å². The summed E-state index contributed by atoms with van der Waals surface area (Å²) in [7, 11) is -2.33. The molecule has 11 heteroatoms. The molecule has 0 spiro atoms. The lowest BCUT2D eigenvalue weighted by molar-refractivity contribution is -0.229. The van der Waals surface area contributed by atoms with Crippen LogP contribution in [0.5, 0.6) is 0 Å². The van der Waals surface area contributed by atoms with Gasteiger partial charge in [0.2, 0.25) is 0 Å². The molecule has 1 saturated heterocycles. The second-order valence-corrected chi connectivity index (χ2v) is 5.60. The first-order valence-electron chi connectivity index (χ1n) is 5.26. The Morgan fingerprint density at radius 1 is 1.53 bits per heavy atom. The molecule has 1 heterocycles. The molecule has 0 aromatic heterocycles. The zero-order valence-electron chi connectivity index (χ0n) is 9.98. The van der Waals surface area contributed by atoms with Gasteiger partial charge in [-0.25, -0.2) is 14.7 Å². The Morgan fingerprint density at radius 3 is 2.53 bits per heavy atom. The molecular formula is C8H14F3N3O4S. The number of carbonyl (C=O) groups is 1. The first kappa shape index (κ1) is 16.1. The van der Waals surface area contributed by atoms with E-state index in [1.807, 2.05) is 4.72 Å². The highest BCUT2D eigenvalue weighted by Gasteiger charge is 2.47. The summed E-state index contributed by atoms with van der Waals surface area (Å²) in [6.45, 7) is 0.375. The number of carbonyl (C=O) groups excluding carboxylic acids is 1. The Hall–Kier alpha value is -0.910. The van der Waals surface area contributed by atoms with Crippen molar-refractivity contribution in [3.8, 4) is 0 Å². The van der Waals surface area contributed by atoms with E-state index in [1.54, 1.807) is 0 Å². The van der Waals surface area contributed by atoms with Gasteiger partial charge in [0.05, 0.1) is 0 Å². The van der Waals surface area contributed by atoms with Gasteiger partial charge in [0.1, 0.15) is 0 Å². The second-order valence-electron chi connectivity index (χ2n) is 4.22. The van der Waals surface area contributed by atoms with Crippen LogP contribution >= 0.6 is 0 Å². The van der Waals surface area contributed by atoms with Crippen LogP contribution in [0, 0.1) is 5.92 Å². The summed E-state index contributed by atoms with van der Waals surface area (Å²) >= 11 is 0. The van der Waals surface area contributed by atoms with Crippen molar-refractivity contribution in [2.75, 3.05) is 20.1 Å². The maximum Gasteiger partial charge on any atom is 0.490 e. The van der Waals surface area contributed by atoms with Gasteiger partial charge < -0.3 is 4.74 Å². The van der Waals surface area contributed by atoms with Gasteiger partial charge in [-0.15, -0.1) is 0 Å². The number of rotatable bonds is 5. The number of likely N-dealkylation sites (tertiary alicyclic amines) is 1. The minimum atomic E-state index is -5.04. The predicted molar refractivity (Wildman–Crippen MR) is 57.8 cm³/mol. The van der Waals surface area contributed by atoms with E-state index >= 15 is 0 Å². The monoisotopic (exact) mass is 305 g/mol. The predicted octanol–water partition coefficient (Wildman–Crippen LogP) is -0.837. The zero-order chi connectivity index (χ0) is 14.8. The maximum absolute atomic E-state index is 12.0. The van der Waals surface area contributed by atoms with Gasteiger partial charge in [0.15, 0.2) is 6.23 Å². The first-order chi connectivity index (χ1) is 8.50. The average Bonchev–Trinajstić information content (AvgIpc) is 2.21. The van der Waals surface area contributed by atoms with Crippen LogP contribution in [-0.4, -0.2) is 51.8 Å². The molecule has 3 N–H and O–H groups in total. The zero-order valence-corrected chi connectivity index (χ0v) is 10.8. The molecule has 0 saturated carbocycles. The number of hydrogen-bond acceptors (Lipinski definition) is 5. The highest BCUT2D eigenvalue weighted by Crippen LogP contribution is 2.29. The standard InChI is InChI=1S/C8H14F3N3O4S/c1-14-4-5(2-3-13-19(12,16)17)6(14)18-7(15)8(9,10)11/h5-6,13H,2-4H2,1H3,(H2,12,16,17). The highest BCUT2D eigenvalue weighted by atomic mass is 32.2. The van der Waals surface area contributed by atoms with Crippen molar-refractivity contribution in [1.29, 1.82) is 0 Å². The van der Waals surface area contributed by atoms with Gasteiger partial charge in [-0.2, -0.15) is 21.6 Å². The lowest BCUT2D eigenvalue weighted by Crippen LogP contribution is -2.57. The summed E-state index contributed by atoms with van der Waals surface area (Å²) in [6.07, 6.45) is -5.83. The molecule has 2 unspecified atom stereocenters. The quantitative estimate of drug-likeness (QED) is 0.645. The van der Waals surface area contributed by atoms with Crippen LogP contribution in [-0.2, 0) is 19.7 Å². The van der Waals surface area contributed by atoms with Crippen LogP contribution in [0.15, 0.2) is 0 Å². The molecule has 0 amide bonds. The van der Waals surface area contributed by atoms with Gasteiger partial charge in [-0.1, -0.05) is 0 Å². The number of ether oxygens (including phenoxy) is 1. The van der Waals surface area contributed by atoms with Crippen molar-refractivity contribution in [3.05, 3.63) is 0 Å². The molecule has 19 heavy (non-hydrogen) atoms.